The molecule has 2 N–H and O–H groups in total. The maximum Gasteiger partial charge on any atom is 0.191 e. The highest BCUT2D eigenvalue weighted by atomic mass is 127. The van der Waals surface area contributed by atoms with Gasteiger partial charge in [-0.15, -0.1) is 24.0 Å². The third-order valence-corrected chi connectivity index (χ3v) is 5.09. The fourth-order valence-electron chi connectivity index (χ4n) is 3.66. The van der Waals surface area contributed by atoms with Crippen molar-refractivity contribution in [1.29, 1.82) is 0 Å². The SMILES string of the molecule is C=C(C)CN1CCC(NC(=NCc2oc3ccccc3c2C)NCC)CC1.I. The van der Waals surface area contributed by atoms with Crippen molar-refractivity contribution >= 4 is 40.9 Å². The summed E-state index contributed by atoms with van der Waals surface area (Å²) in [7, 11) is 0. The molecule has 0 saturated carbocycles. The first-order valence-electron chi connectivity index (χ1n) is 9.95. The molecule has 5 nitrogen and oxygen atoms in total. The monoisotopic (exact) mass is 496 g/mol. The van der Waals surface area contributed by atoms with Crippen LogP contribution >= 0.6 is 24.0 Å². The fraction of sp³-hybridized carbons (Fsp3) is 0.500. The zero-order chi connectivity index (χ0) is 19.2. The molecular formula is C22H33IN4O. The number of likely N-dealkylation sites (tertiary alicyclic amines) is 1. The van der Waals surface area contributed by atoms with Gasteiger partial charge >= 0.3 is 0 Å². The van der Waals surface area contributed by atoms with Gasteiger partial charge in [0, 0.05) is 43.2 Å². The van der Waals surface area contributed by atoms with Crippen molar-refractivity contribution in [3.05, 3.63) is 47.7 Å². The molecule has 0 radical (unpaired) electrons. The summed E-state index contributed by atoms with van der Waals surface area (Å²) in [5.74, 6) is 1.81. The van der Waals surface area contributed by atoms with E-state index in [4.69, 9.17) is 9.41 Å². The largest absolute Gasteiger partial charge is 0.459 e. The average Bonchev–Trinajstić information content (AvgIpc) is 2.97. The number of furan rings is 1. The highest BCUT2D eigenvalue weighted by Gasteiger charge is 2.20. The molecular weight excluding hydrogens is 463 g/mol. The predicted octanol–water partition coefficient (Wildman–Crippen LogP) is 4.45. The van der Waals surface area contributed by atoms with E-state index in [0.717, 1.165) is 56.3 Å². The van der Waals surface area contributed by atoms with Crippen LogP contribution in [0.3, 0.4) is 0 Å². The van der Waals surface area contributed by atoms with Gasteiger partial charge in [0.2, 0.25) is 0 Å². The minimum absolute atomic E-state index is 0. The van der Waals surface area contributed by atoms with Gasteiger partial charge in [0.05, 0.1) is 0 Å². The molecule has 1 aromatic heterocycles. The number of hydrogen-bond donors (Lipinski definition) is 2. The van der Waals surface area contributed by atoms with Crippen molar-refractivity contribution in [1.82, 2.24) is 15.5 Å². The number of benzene rings is 1. The van der Waals surface area contributed by atoms with E-state index < -0.39 is 0 Å². The second-order valence-electron chi connectivity index (χ2n) is 7.49. The molecule has 2 aromatic rings. The summed E-state index contributed by atoms with van der Waals surface area (Å²) in [6.07, 6.45) is 2.25. The van der Waals surface area contributed by atoms with E-state index in [9.17, 15) is 0 Å². The molecule has 3 rings (SSSR count). The minimum atomic E-state index is 0. The van der Waals surface area contributed by atoms with Crippen molar-refractivity contribution in [2.75, 3.05) is 26.2 Å². The highest BCUT2D eigenvalue weighted by Crippen LogP contribution is 2.25. The van der Waals surface area contributed by atoms with Gasteiger partial charge in [-0.1, -0.05) is 30.4 Å². The van der Waals surface area contributed by atoms with E-state index in [1.807, 2.05) is 18.2 Å². The maximum absolute atomic E-state index is 5.99. The van der Waals surface area contributed by atoms with E-state index >= 15 is 0 Å². The summed E-state index contributed by atoms with van der Waals surface area (Å²) in [5.41, 5.74) is 3.35. The van der Waals surface area contributed by atoms with E-state index in [0.29, 0.717) is 12.6 Å². The lowest BCUT2D eigenvalue weighted by Crippen LogP contribution is -2.48. The van der Waals surface area contributed by atoms with Crippen LogP contribution in [-0.2, 0) is 6.54 Å². The van der Waals surface area contributed by atoms with E-state index in [1.54, 1.807) is 0 Å². The lowest BCUT2D eigenvalue weighted by molar-refractivity contribution is 0.221. The number of halogens is 1. The Morgan fingerprint density at radius 2 is 2.00 bits per heavy atom. The smallest absolute Gasteiger partial charge is 0.191 e. The van der Waals surface area contributed by atoms with Gasteiger partial charge in [0.25, 0.3) is 0 Å². The Bertz CT molecular complexity index is 806. The van der Waals surface area contributed by atoms with Crippen molar-refractivity contribution < 1.29 is 4.42 Å². The first-order chi connectivity index (χ1) is 13.1. The van der Waals surface area contributed by atoms with E-state index in [1.165, 1.54) is 16.5 Å². The summed E-state index contributed by atoms with van der Waals surface area (Å²) < 4.78 is 5.99. The van der Waals surface area contributed by atoms with Gasteiger partial charge in [0.1, 0.15) is 17.9 Å². The van der Waals surface area contributed by atoms with Gasteiger partial charge in [-0.2, -0.15) is 0 Å². The number of aliphatic imine (C=N–C) groups is 1. The number of piperidine rings is 1. The number of para-hydroxylation sites is 1. The third-order valence-electron chi connectivity index (χ3n) is 5.09. The van der Waals surface area contributed by atoms with Crippen molar-refractivity contribution in [3.63, 3.8) is 0 Å². The molecule has 1 aliphatic heterocycles. The topological polar surface area (TPSA) is 52.8 Å². The molecule has 28 heavy (non-hydrogen) atoms. The van der Waals surface area contributed by atoms with Crippen LogP contribution in [-0.4, -0.2) is 43.1 Å². The Kier molecular flexibility index (Phi) is 8.82. The van der Waals surface area contributed by atoms with E-state index in [-0.39, 0.29) is 24.0 Å². The summed E-state index contributed by atoms with van der Waals surface area (Å²) in [6, 6.07) is 8.62. The van der Waals surface area contributed by atoms with E-state index in [2.05, 4.69) is 49.0 Å². The first-order valence-corrected chi connectivity index (χ1v) is 9.95. The van der Waals surface area contributed by atoms with Gasteiger partial charge < -0.3 is 15.1 Å². The van der Waals surface area contributed by atoms with Crippen LogP contribution in [0.1, 0.15) is 38.0 Å². The molecule has 1 saturated heterocycles. The number of rotatable bonds is 6. The quantitative estimate of drug-likeness (QED) is 0.269. The number of guanidine groups is 1. The molecule has 6 heteroatoms. The van der Waals surface area contributed by atoms with Crippen LogP contribution in [0.15, 0.2) is 45.8 Å². The first kappa shape index (κ1) is 22.7. The maximum atomic E-state index is 5.99. The Hall–Kier alpha value is -1.54. The summed E-state index contributed by atoms with van der Waals surface area (Å²) in [6.45, 7) is 14.9. The minimum Gasteiger partial charge on any atom is -0.459 e. The van der Waals surface area contributed by atoms with Gasteiger partial charge in [-0.25, -0.2) is 4.99 Å². The van der Waals surface area contributed by atoms with Crippen LogP contribution in [0.2, 0.25) is 0 Å². The second kappa shape index (κ2) is 10.9. The van der Waals surface area contributed by atoms with Crippen LogP contribution in [0.4, 0.5) is 0 Å². The molecule has 154 valence electrons. The zero-order valence-corrected chi connectivity index (χ0v) is 19.6. The highest BCUT2D eigenvalue weighted by molar-refractivity contribution is 14.0. The summed E-state index contributed by atoms with van der Waals surface area (Å²) in [5, 5.41) is 8.14. The zero-order valence-electron chi connectivity index (χ0n) is 17.3. The second-order valence-corrected chi connectivity index (χ2v) is 7.49. The lowest BCUT2D eigenvalue weighted by Gasteiger charge is -2.33. The standard InChI is InChI=1S/C22H32N4O.HI/c1-5-23-22(25-18-10-12-26(13-11-18)15-16(2)3)24-14-21-17(4)19-8-6-7-9-20(19)27-21;/h6-9,18H,2,5,10-15H2,1,3-4H3,(H2,23,24,25);1H. The molecule has 1 fully saturated rings. The van der Waals surface area contributed by atoms with Gasteiger partial charge in [-0.05, 0) is 39.7 Å². The summed E-state index contributed by atoms with van der Waals surface area (Å²) >= 11 is 0. The van der Waals surface area contributed by atoms with Gasteiger partial charge in [0.15, 0.2) is 5.96 Å². The number of nitrogens with one attached hydrogen (secondary N) is 2. The molecule has 1 aromatic carbocycles. The van der Waals surface area contributed by atoms with Crippen LogP contribution in [0.5, 0.6) is 0 Å². The normalized spacial score (nSPS) is 16.0. The number of nitrogens with zero attached hydrogens (tertiary/aromatic N) is 2. The Morgan fingerprint density at radius 3 is 2.64 bits per heavy atom. The van der Waals surface area contributed by atoms with Gasteiger partial charge in [-0.3, -0.25) is 4.90 Å². The molecule has 0 spiro atoms. The predicted molar refractivity (Wildman–Crippen MR) is 129 cm³/mol. The molecule has 1 aliphatic rings. The molecule has 0 aliphatic carbocycles. The molecule has 0 amide bonds. The average molecular weight is 496 g/mol. The molecule has 0 bridgehead atoms. The number of fused-ring (bicyclic) bond motifs is 1. The number of hydrogen-bond acceptors (Lipinski definition) is 3. The Balaban J connectivity index is 0.00000280. The van der Waals surface area contributed by atoms with Crippen molar-refractivity contribution in [2.45, 2.75) is 46.2 Å². The number of aryl methyl sites for hydroxylation is 1. The van der Waals surface area contributed by atoms with Crippen molar-refractivity contribution in [2.24, 2.45) is 4.99 Å². The Morgan fingerprint density at radius 1 is 1.29 bits per heavy atom. The van der Waals surface area contributed by atoms with Crippen LogP contribution in [0, 0.1) is 6.92 Å². The molecule has 0 unspecified atom stereocenters. The third kappa shape index (κ3) is 5.98. The molecule has 2 heterocycles. The fourth-order valence-corrected chi connectivity index (χ4v) is 3.66. The van der Waals surface area contributed by atoms with Crippen molar-refractivity contribution in [3.8, 4) is 0 Å². The lowest BCUT2D eigenvalue weighted by atomic mass is 10.0. The summed E-state index contributed by atoms with van der Waals surface area (Å²) in [4.78, 5) is 7.25. The molecule has 0 atom stereocenters. The van der Waals surface area contributed by atoms with Crippen LogP contribution in [0.25, 0.3) is 11.0 Å². The Labute approximate surface area is 185 Å². The van der Waals surface area contributed by atoms with Crippen LogP contribution < -0.4 is 10.6 Å².